The third-order valence-corrected chi connectivity index (χ3v) is 3.87. The van der Waals surface area contributed by atoms with Crippen molar-refractivity contribution in [1.29, 1.82) is 0 Å². The van der Waals surface area contributed by atoms with Gasteiger partial charge >= 0.3 is 6.09 Å². The molecule has 3 rings (SSSR count). The van der Waals surface area contributed by atoms with Gasteiger partial charge in [0.05, 0.1) is 23.1 Å². The van der Waals surface area contributed by atoms with Crippen molar-refractivity contribution in [3.63, 3.8) is 0 Å². The summed E-state index contributed by atoms with van der Waals surface area (Å²) in [5.41, 5.74) is 3.04. The number of benzene rings is 2. The lowest BCUT2D eigenvalue weighted by molar-refractivity contribution is 0.112. The number of ether oxygens (including phenoxy) is 1. The zero-order chi connectivity index (χ0) is 18.2. The van der Waals surface area contributed by atoms with Crippen LogP contribution in [0.3, 0.4) is 0 Å². The van der Waals surface area contributed by atoms with Gasteiger partial charge in [0.2, 0.25) is 0 Å². The van der Waals surface area contributed by atoms with Crippen LogP contribution in [0, 0.1) is 0 Å². The van der Waals surface area contributed by atoms with Crippen molar-refractivity contribution >= 4 is 12.4 Å². The number of amides is 1. The molecule has 26 heavy (non-hydrogen) atoms. The molecule has 0 aliphatic heterocycles. The van der Waals surface area contributed by atoms with Crippen molar-refractivity contribution in [3.05, 3.63) is 83.7 Å². The lowest BCUT2D eigenvalue weighted by Crippen LogP contribution is -2.27. The number of carbonyl (C=O) groups is 2. The molecule has 3 aromatic rings. The van der Waals surface area contributed by atoms with E-state index in [1.54, 1.807) is 4.68 Å². The van der Waals surface area contributed by atoms with Crippen LogP contribution in [0.4, 0.5) is 4.79 Å². The lowest BCUT2D eigenvalue weighted by atomic mass is 10.2. The molecule has 1 amide bonds. The molecule has 0 aliphatic carbocycles. The third-order valence-electron chi connectivity index (χ3n) is 3.87. The summed E-state index contributed by atoms with van der Waals surface area (Å²) in [5.74, 6) is 0. The van der Waals surface area contributed by atoms with Gasteiger partial charge in [0, 0.05) is 13.0 Å². The summed E-state index contributed by atoms with van der Waals surface area (Å²) >= 11 is 0. The van der Waals surface area contributed by atoms with E-state index in [2.05, 4.69) is 10.4 Å². The monoisotopic (exact) mass is 349 g/mol. The van der Waals surface area contributed by atoms with E-state index in [-0.39, 0.29) is 6.61 Å². The first-order valence-corrected chi connectivity index (χ1v) is 8.30. The molecule has 0 atom stereocenters. The standard InChI is InChI=1S/C20H19N3O3/c24-14-17-13-22-23(18-9-5-2-6-10-18)19(17)11-12-21-20(25)26-15-16-7-3-1-4-8-16/h1-10,13-14H,11-12,15H2,(H,21,25). The molecule has 2 aromatic carbocycles. The maximum Gasteiger partial charge on any atom is 0.407 e. The van der Waals surface area contributed by atoms with Gasteiger partial charge in [-0.25, -0.2) is 9.48 Å². The molecular formula is C20H19N3O3. The highest BCUT2D eigenvalue weighted by molar-refractivity contribution is 5.76. The SMILES string of the molecule is O=Cc1cnn(-c2ccccc2)c1CCNC(=O)OCc1ccccc1. The normalized spacial score (nSPS) is 10.3. The molecule has 1 N–H and O–H groups in total. The quantitative estimate of drug-likeness (QED) is 0.665. The zero-order valence-electron chi connectivity index (χ0n) is 14.2. The Bertz CT molecular complexity index is 861. The number of nitrogens with zero attached hydrogens (tertiary/aromatic N) is 2. The van der Waals surface area contributed by atoms with Crippen LogP contribution in [0.25, 0.3) is 5.69 Å². The summed E-state index contributed by atoms with van der Waals surface area (Å²) in [6, 6.07) is 19.0. The van der Waals surface area contributed by atoms with Crippen LogP contribution in [-0.2, 0) is 17.8 Å². The fourth-order valence-corrected chi connectivity index (χ4v) is 2.58. The molecule has 0 fully saturated rings. The molecule has 0 unspecified atom stereocenters. The van der Waals surface area contributed by atoms with E-state index >= 15 is 0 Å². The molecular weight excluding hydrogens is 330 g/mol. The minimum atomic E-state index is -0.493. The van der Waals surface area contributed by atoms with Crippen molar-refractivity contribution in [2.24, 2.45) is 0 Å². The van der Waals surface area contributed by atoms with E-state index in [1.165, 1.54) is 6.20 Å². The molecule has 0 bridgehead atoms. The van der Waals surface area contributed by atoms with Gasteiger partial charge in [0.15, 0.2) is 6.29 Å². The summed E-state index contributed by atoms with van der Waals surface area (Å²) < 4.78 is 6.89. The fraction of sp³-hybridized carbons (Fsp3) is 0.150. The number of alkyl carbamates (subject to hydrolysis) is 1. The number of hydrogen-bond donors (Lipinski definition) is 1. The van der Waals surface area contributed by atoms with Crippen LogP contribution in [-0.4, -0.2) is 28.7 Å². The molecule has 6 nitrogen and oxygen atoms in total. The highest BCUT2D eigenvalue weighted by atomic mass is 16.5. The van der Waals surface area contributed by atoms with Crippen LogP contribution >= 0.6 is 0 Å². The van der Waals surface area contributed by atoms with Gasteiger partial charge < -0.3 is 10.1 Å². The van der Waals surface area contributed by atoms with E-state index in [0.29, 0.717) is 18.5 Å². The molecule has 0 radical (unpaired) electrons. The molecule has 0 spiro atoms. The largest absolute Gasteiger partial charge is 0.445 e. The minimum Gasteiger partial charge on any atom is -0.445 e. The average molecular weight is 349 g/mol. The Morgan fingerprint density at radius 2 is 1.77 bits per heavy atom. The molecule has 1 heterocycles. The van der Waals surface area contributed by atoms with Gasteiger partial charge in [-0.15, -0.1) is 0 Å². The number of rotatable bonds is 7. The Morgan fingerprint density at radius 3 is 2.46 bits per heavy atom. The summed E-state index contributed by atoms with van der Waals surface area (Å²) in [6.45, 7) is 0.557. The average Bonchev–Trinajstić information content (AvgIpc) is 3.11. The highest BCUT2D eigenvalue weighted by Crippen LogP contribution is 2.14. The topological polar surface area (TPSA) is 73.2 Å². The van der Waals surface area contributed by atoms with Crippen molar-refractivity contribution in [2.45, 2.75) is 13.0 Å². The van der Waals surface area contributed by atoms with Crippen LogP contribution in [0.2, 0.25) is 0 Å². The van der Waals surface area contributed by atoms with Crippen molar-refractivity contribution in [2.75, 3.05) is 6.54 Å². The van der Waals surface area contributed by atoms with Crippen LogP contribution in [0.15, 0.2) is 66.9 Å². The first-order valence-electron chi connectivity index (χ1n) is 8.30. The van der Waals surface area contributed by atoms with Gasteiger partial charge in [0.1, 0.15) is 6.61 Å². The number of para-hydroxylation sites is 1. The van der Waals surface area contributed by atoms with Crippen LogP contribution in [0.1, 0.15) is 21.6 Å². The number of aromatic nitrogens is 2. The molecule has 6 heteroatoms. The van der Waals surface area contributed by atoms with E-state index in [9.17, 15) is 9.59 Å². The predicted molar refractivity (Wildman–Crippen MR) is 97.3 cm³/mol. The van der Waals surface area contributed by atoms with Gasteiger partial charge in [-0.1, -0.05) is 48.5 Å². The predicted octanol–water partition coefficient (Wildman–Crippen LogP) is 3.15. The number of hydrogen-bond acceptors (Lipinski definition) is 4. The second-order valence-electron chi connectivity index (χ2n) is 5.65. The Kier molecular flexibility index (Phi) is 5.77. The molecule has 0 aliphatic rings. The fourth-order valence-electron chi connectivity index (χ4n) is 2.58. The summed E-state index contributed by atoms with van der Waals surface area (Å²) in [5, 5.41) is 6.98. The second-order valence-corrected chi connectivity index (χ2v) is 5.65. The molecule has 1 aromatic heterocycles. The molecule has 0 saturated carbocycles. The van der Waals surface area contributed by atoms with E-state index in [4.69, 9.17) is 4.74 Å². The maximum absolute atomic E-state index is 11.8. The van der Waals surface area contributed by atoms with Crippen molar-refractivity contribution in [1.82, 2.24) is 15.1 Å². The summed E-state index contributed by atoms with van der Waals surface area (Å²) in [7, 11) is 0. The van der Waals surface area contributed by atoms with E-state index in [0.717, 1.165) is 23.2 Å². The van der Waals surface area contributed by atoms with Crippen molar-refractivity contribution in [3.8, 4) is 5.69 Å². The Balaban J connectivity index is 1.57. The van der Waals surface area contributed by atoms with E-state index < -0.39 is 6.09 Å². The Hall–Kier alpha value is -3.41. The first-order chi connectivity index (χ1) is 12.8. The first kappa shape index (κ1) is 17.4. The van der Waals surface area contributed by atoms with E-state index in [1.807, 2.05) is 60.7 Å². The van der Waals surface area contributed by atoms with Crippen LogP contribution in [0.5, 0.6) is 0 Å². The molecule has 0 saturated heterocycles. The van der Waals surface area contributed by atoms with Gasteiger partial charge in [0.25, 0.3) is 0 Å². The number of carbonyl (C=O) groups excluding carboxylic acids is 2. The van der Waals surface area contributed by atoms with Crippen molar-refractivity contribution < 1.29 is 14.3 Å². The summed E-state index contributed by atoms with van der Waals surface area (Å²) in [4.78, 5) is 23.1. The number of aldehydes is 1. The molecule has 132 valence electrons. The van der Waals surface area contributed by atoms with Gasteiger partial charge in [-0.3, -0.25) is 4.79 Å². The van der Waals surface area contributed by atoms with Crippen LogP contribution < -0.4 is 5.32 Å². The van der Waals surface area contributed by atoms with Gasteiger partial charge in [-0.2, -0.15) is 5.10 Å². The van der Waals surface area contributed by atoms with Gasteiger partial charge in [-0.05, 0) is 17.7 Å². The Labute approximate surface area is 151 Å². The number of nitrogens with one attached hydrogen (secondary N) is 1. The summed E-state index contributed by atoms with van der Waals surface area (Å²) in [6.07, 6.45) is 2.27. The maximum atomic E-state index is 11.8. The third kappa shape index (κ3) is 4.36. The highest BCUT2D eigenvalue weighted by Gasteiger charge is 2.12. The minimum absolute atomic E-state index is 0.216. The Morgan fingerprint density at radius 1 is 1.08 bits per heavy atom. The zero-order valence-corrected chi connectivity index (χ0v) is 14.2. The lowest BCUT2D eigenvalue weighted by Gasteiger charge is -2.10. The second kappa shape index (κ2) is 8.62. The smallest absolute Gasteiger partial charge is 0.407 e.